The molecule has 1 N–H and O–H groups in total. The number of aryl methyl sites for hydroxylation is 1. The maximum atomic E-state index is 13.8. The minimum atomic E-state index is -0.455. The highest BCUT2D eigenvalue weighted by Gasteiger charge is 2.19. The number of hydrogen-bond donors (Lipinski definition) is 1. The summed E-state index contributed by atoms with van der Waals surface area (Å²) in [4.78, 5) is 14.9. The van der Waals surface area contributed by atoms with Gasteiger partial charge in [-0.2, -0.15) is 0 Å². The molecule has 140 valence electrons. The largest absolute Gasteiger partial charge is 0.448 e. The van der Waals surface area contributed by atoms with Crippen LogP contribution in [0.25, 0.3) is 11.0 Å². The molecule has 4 rings (SSSR count). The monoisotopic (exact) mass is 366 g/mol. The van der Waals surface area contributed by atoms with Crippen LogP contribution in [0.1, 0.15) is 40.1 Å². The second kappa shape index (κ2) is 7.53. The van der Waals surface area contributed by atoms with Crippen LogP contribution >= 0.6 is 0 Å². The predicted molar refractivity (Wildman–Crippen MR) is 103 cm³/mol. The highest BCUT2D eigenvalue weighted by atomic mass is 19.1. The number of nitrogens with zero attached hydrogens (tertiary/aromatic N) is 1. The van der Waals surface area contributed by atoms with Gasteiger partial charge in [-0.25, -0.2) is 4.39 Å². The molecule has 1 aliphatic heterocycles. The van der Waals surface area contributed by atoms with Crippen LogP contribution in [0, 0.1) is 12.7 Å². The first-order valence-electron chi connectivity index (χ1n) is 9.38. The van der Waals surface area contributed by atoms with Crippen molar-refractivity contribution >= 4 is 16.9 Å². The van der Waals surface area contributed by atoms with Gasteiger partial charge in [0.25, 0.3) is 5.91 Å². The molecule has 0 unspecified atom stereocenters. The average molecular weight is 366 g/mol. The van der Waals surface area contributed by atoms with Crippen molar-refractivity contribution < 1.29 is 13.6 Å². The van der Waals surface area contributed by atoms with Crippen LogP contribution in [0.15, 0.2) is 46.9 Å². The first-order valence-corrected chi connectivity index (χ1v) is 9.38. The van der Waals surface area contributed by atoms with Gasteiger partial charge in [-0.05, 0) is 50.0 Å². The molecule has 0 aliphatic carbocycles. The Kier molecular flexibility index (Phi) is 4.94. The zero-order valence-electron chi connectivity index (χ0n) is 15.4. The predicted octanol–water partition coefficient (Wildman–Crippen LogP) is 4.41. The third-order valence-corrected chi connectivity index (χ3v) is 5.20. The molecule has 1 fully saturated rings. The van der Waals surface area contributed by atoms with Crippen molar-refractivity contribution in [1.82, 2.24) is 10.2 Å². The van der Waals surface area contributed by atoms with Gasteiger partial charge in [-0.1, -0.05) is 36.4 Å². The summed E-state index contributed by atoms with van der Waals surface area (Å²) in [5.74, 6) is -0.617. The van der Waals surface area contributed by atoms with E-state index in [2.05, 4.69) is 22.3 Å². The lowest BCUT2D eigenvalue weighted by Gasteiger charge is -2.14. The van der Waals surface area contributed by atoms with Gasteiger partial charge in [0, 0.05) is 24.0 Å². The number of carbonyl (C=O) groups is 1. The number of halogens is 1. The number of furan rings is 1. The molecule has 2 heterocycles. The molecule has 0 atom stereocenters. The van der Waals surface area contributed by atoms with Crippen molar-refractivity contribution in [3.63, 3.8) is 0 Å². The van der Waals surface area contributed by atoms with E-state index in [1.165, 1.54) is 37.6 Å². The van der Waals surface area contributed by atoms with Gasteiger partial charge in [-0.15, -0.1) is 0 Å². The average Bonchev–Trinajstić information content (AvgIpc) is 3.30. The summed E-state index contributed by atoms with van der Waals surface area (Å²) in [5, 5.41) is 3.49. The quantitative estimate of drug-likeness (QED) is 0.728. The van der Waals surface area contributed by atoms with Gasteiger partial charge in [-0.3, -0.25) is 9.69 Å². The molecular formula is C22H23FN2O2. The van der Waals surface area contributed by atoms with E-state index in [1.807, 2.05) is 12.1 Å². The maximum absolute atomic E-state index is 13.8. The fourth-order valence-corrected chi connectivity index (χ4v) is 3.65. The van der Waals surface area contributed by atoms with E-state index in [1.54, 1.807) is 19.1 Å². The van der Waals surface area contributed by atoms with Crippen molar-refractivity contribution in [2.24, 2.45) is 0 Å². The zero-order valence-corrected chi connectivity index (χ0v) is 15.4. The Morgan fingerprint density at radius 3 is 2.52 bits per heavy atom. The van der Waals surface area contributed by atoms with E-state index in [0.717, 1.165) is 12.1 Å². The van der Waals surface area contributed by atoms with Gasteiger partial charge in [0.2, 0.25) is 0 Å². The topological polar surface area (TPSA) is 45.5 Å². The molecule has 4 nitrogen and oxygen atoms in total. The summed E-state index contributed by atoms with van der Waals surface area (Å²) in [6, 6.07) is 13.0. The number of carbonyl (C=O) groups excluding carboxylic acids is 1. The maximum Gasteiger partial charge on any atom is 0.287 e. The first-order chi connectivity index (χ1) is 13.1. The van der Waals surface area contributed by atoms with E-state index in [-0.39, 0.29) is 17.3 Å². The van der Waals surface area contributed by atoms with E-state index in [0.29, 0.717) is 17.5 Å². The number of hydrogen-bond acceptors (Lipinski definition) is 3. The molecular weight excluding hydrogens is 343 g/mol. The summed E-state index contributed by atoms with van der Waals surface area (Å²) in [6.45, 7) is 5.51. The molecule has 1 amide bonds. The number of rotatable bonds is 5. The molecule has 0 saturated carbocycles. The summed E-state index contributed by atoms with van der Waals surface area (Å²) >= 11 is 0. The van der Waals surface area contributed by atoms with Crippen LogP contribution < -0.4 is 5.32 Å². The fourth-order valence-electron chi connectivity index (χ4n) is 3.65. The Morgan fingerprint density at radius 1 is 1.11 bits per heavy atom. The number of benzene rings is 2. The fraction of sp³-hybridized carbons (Fsp3) is 0.318. The van der Waals surface area contributed by atoms with Crippen molar-refractivity contribution in [1.29, 1.82) is 0 Å². The second-order valence-corrected chi connectivity index (χ2v) is 7.16. The first kappa shape index (κ1) is 17.7. The summed E-state index contributed by atoms with van der Waals surface area (Å²) in [7, 11) is 0. The van der Waals surface area contributed by atoms with E-state index < -0.39 is 5.82 Å². The minimum Gasteiger partial charge on any atom is -0.448 e. The molecule has 0 spiro atoms. The Hall–Kier alpha value is -2.66. The molecule has 3 aromatic rings. The SMILES string of the molecule is Cc1c(C(=O)NCc2ccc(CN3CCCC3)cc2)oc2c(F)cccc12. The lowest BCUT2D eigenvalue weighted by molar-refractivity contribution is 0.0924. The zero-order chi connectivity index (χ0) is 18.8. The van der Waals surface area contributed by atoms with Crippen molar-refractivity contribution in [3.05, 3.63) is 70.7 Å². The Balaban J connectivity index is 1.40. The van der Waals surface area contributed by atoms with Crippen LogP contribution in [0.2, 0.25) is 0 Å². The van der Waals surface area contributed by atoms with Crippen LogP contribution in [-0.2, 0) is 13.1 Å². The Morgan fingerprint density at radius 2 is 1.81 bits per heavy atom. The molecule has 5 heteroatoms. The summed E-state index contributed by atoms with van der Waals surface area (Å²) in [5.41, 5.74) is 3.10. The second-order valence-electron chi connectivity index (χ2n) is 7.16. The van der Waals surface area contributed by atoms with Crippen LogP contribution in [0.4, 0.5) is 4.39 Å². The van der Waals surface area contributed by atoms with E-state index in [9.17, 15) is 9.18 Å². The van der Waals surface area contributed by atoms with Crippen molar-refractivity contribution in [2.45, 2.75) is 32.9 Å². The van der Waals surface area contributed by atoms with E-state index >= 15 is 0 Å². The third-order valence-electron chi connectivity index (χ3n) is 5.20. The Bertz CT molecular complexity index is 956. The van der Waals surface area contributed by atoms with Gasteiger partial charge in [0.05, 0.1) is 0 Å². The molecule has 2 aromatic carbocycles. The summed E-state index contributed by atoms with van der Waals surface area (Å²) < 4.78 is 19.3. The molecule has 27 heavy (non-hydrogen) atoms. The number of likely N-dealkylation sites (tertiary alicyclic amines) is 1. The van der Waals surface area contributed by atoms with Gasteiger partial charge < -0.3 is 9.73 Å². The van der Waals surface area contributed by atoms with Crippen LogP contribution in [-0.4, -0.2) is 23.9 Å². The Labute approximate surface area is 158 Å². The van der Waals surface area contributed by atoms with Crippen LogP contribution in [0.3, 0.4) is 0 Å². The lowest BCUT2D eigenvalue weighted by atomic mass is 10.1. The highest BCUT2D eigenvalue weighted by Crippen LogP contribution is 2.27. The molecule has 1 aromatic heterocycles. The normalized spacial score (nSPS) is 14.7. The van der Waals surface area contributed by atoms with Gasteiger partial charge in [0.1, 0.15) is 0 Å². The number of nitrogens with one attached hydrogen (secondary N) is 1. The number of para-hydroxylation sites is 1. The molecule has 1 aliphatic rings. The van der Waals surface area contributed by atoms with E-state index in [4.69, 9.17) is 4.42 Å². The van der Waals surface area contributed by atoms with Gasteiger partial charge in [0.15, 0.2) is 17.2 Å². The number of fused-ring (bicyclic) bond motifs is 1. The van der Waals surface area contributed by atoms with Crippen molar-refractivity contribution in [2.75, 3.05) is 13.1 Å². The number of amides is 1. The lowest BCUT2D eigenvalue weighted by Crippen LogP contribution is -2.23. The molecule has 0 radical (unpaired) electrons. The summed E-state index contributed by atoms with van der Waals surface area (Å²) in [6.07, 6.45) is 2.57. The minimum absolute atomic E-state index is 0.131. The smallest absolute Gasteiger partial charge is 0.287 e. The molecule has 1 saturated heterocycles. The standard InChI is InChI=1S/C22H23FN2O2/c1-15-18-5-4-6-19(23)21(18)27-20(15)22(26)24-13-16-7-9-17(10-8-16)14-25-11-2-3-12-25/h4-10H,2-3,11-14H2,1H3,(H,24,26). The highest BCUT2D eigenvalue weighted by molar-refractivity contribution is 5.98. The van der Waals surface area contributed by atoms with Crippen LogP contribution in [0.5, 0.6) is 0 Å². The van der Waals surface area contributed by atoms with Crippen molar-refractivity contribution in [3.8, 4) is 0 Å². The third kappa shape index (κ3) is 3.74. The van der Waals surface area contributed by atoms with Gasteiger partial charge >= 0.3 is 0 Å². The molecule has 0 bridgehead atoms.